The molecule has 5 nitrogen and oxygen atoms in total. The monoisotopic (exact) mass is 249 g/mol. The molecule has 1 aliphatic rings. The van der Waals surface area contributed by atoms with E-state index in [-0.39, 0.29) is 23.6 Å². The van der Waals surface area contributed by atoms with Crippen LogP contribution in [0.3, 0.4) is 0 Å². The Balaban J connectivity index is 2.23. The normalized spacial score (nSPS) is 21.7. The lowest BCUT2D eigenvalue weighted by Gasteiger charge is -2.37. The number of nitrogens with zero attached hydrogens (tertiary/aromatic N) is 1. The Bertz CT molecular complexity index is 481. The number of nitrogens with one attached hydrogen (secondary N) is 1. The molecule has 0 saturated carbocycles. The molecule has 2 atom stereocenters. The fraction of sp³-hybridized carbons (Fsp3) is 0.538. The van der Waals surface area contributed by atoms with E-state index in [4.69, 9.17) is 5.73 Å². The fourth-order valence-corrected chi connectivity index (χ4v) is 2.48. The number of amides is 1. The lowest BCUT2D eigenvalue weighted by Crippen LogP contribution is -2.52. The molecule has 0 radical (unpaired) electrons. The molecule has 3 N–H and O–H groups in total. The second-order valence-corrected chi connectivity index (χ2v) is 4.85. The van der Waals surface area contributed by atoms with Crippen LogP contribution in [0, 0.1) is 0 Å². The van der Waals surface area contributed by atoms with Crippen LogP contribution in [0.5, 0.6) is 0 Å². The van der Waals surface area contributed by atoms with Crippen LogP contribution < -0.4 is 11.3 Å². The van der Waals surface area contributed by atoms with Crippen molar-refractivity contribution in [3.05, 3.63) is 34.2 Å². The van der Waals surface area contributed by atoms with E-state index in [2.05, 4.69) is 4.98 Å². The molecule has 0 aromatic carbocycles. The minimum absolute atomic E-state index is 0.0512. The van der Waals surface area contributed by atoms with E-state index in [0.717, 1.165) is 19.3 Å². The van der Waals surface area contributed by atoms with Crippen molar-refractivity contribution in [2.24, 2.45) is 5.73 Å². The minimum Gasteiger partial charge on any atom is -0.333 e. The van der Waals surface area contributed by atoms with E-state index in [0.29, 0.717) is 12.2 Å². The van der Waals surface area contributed by atoms with E-state index < -0.39 is 0 Å². The van der Waals surface area contributed by atoms with Crippen LogP contribution in [-0.4, -0.2) is 34.4 Å². The fourth-order valence-electron chi connectivity index (χ4n) is 2.48. The summed E-state index contributed by atoms with van der Waals surface area (Å²) in [5.41, 5.74) is 6.03. The van der Waals surface area contributed by atoms with Gasteiger partial charge in [0.1, 0.15) is 5.69 Å². The summed E-state index contributed by atoms with van der Waals surface area (Å²) >= 11 is 0. The zero-order valence-electron chi connectivity index (χ0n) is 10.6. The van der Waals surface area contributed by atoms with Gasteiger partial charge in [-0.15, -0.1) is 0 Å². The van der Waals surface area contributed by atoms with Crippen LogP contribution in [0.15, 0.2) is 23.0 Å². The molecule has 0 spiro atoms. The highest BCUT2D eigenvalue weighted by molar-refractivity contribution is 5.92. The Hall–Kier alpha value is -1.62. The average molecular weight is 249 g/mol. The molecule has 2 heterocycles. The summed E-state index contributed by atoms with van der Waals surface area (Å²) in [6.07, 6.45) is 3.02. The number of hydrogen-bond donors (Lipinski definition) is 2. The summed E-state index contributed by atoms with van der Waals surface area (Å²) in [4.78, 5) is 28.0. The third kappa shape index (κ3) is 2.61. The molecule has 1 amide bonds. The Morgan fingerprint density at radius 2 is 2.28 bits per heavy atom. The van der Waals surface area contributed by atoms with Gasteiger partial charge in [-0.1, -0.05) is 6.07 Å². The van der Waals surface area contributed by atoms with Crippen molar-refractivity contribution in [3.63, 3.8) is 0 Å². The lowest BCUT2D eigenvalue weighted by molar-refractivity contribution is 0.0577. The SMILES string of the molecule is CC(N)C1CCCCN1C(=O)c1cccc(=O)[nH]1. The summed E-state index contributed by atoms with van der Waals surface area (Å²) in [5.74, 6) is -0.130. The van der Waals surface area contributed by atoms with Crippen LogP contribution in [0.2, 0.25) is 0 Å². The number of carbonyl (C=O) groups is 1. The third-order valence-electron chi connectivity index (χ3n) is 3.42. The maximum atomic E-state index is 12.4. The number of pyridine rings is 1. The van der Waals surface area contributed by atoms with Crippen molar-refractivity contribution in [1.29, 1.82) is 0 Å². The Morgan fingerprint density at radius 1 is 1.50 bits per heavy atom. The summed E-state index contributed by atoms with van der Waals surface area (Å²) in [6, 6.07) is 4.64. The van der Waals surface area contributed by atoms with Gasteiger partial charge in [-0.25, -0.2) is 0 Å². The van der Waals surface area contributed by atoms with Crippen LogP contribution >= 0.6 is 0 Å². The van der Waals surface area contributed by atoms with E-state index in [1.54, 1.807) is 17.0 Å². The number of likely N-dealkylation sites (tertiary alicyclic amines) is 1. The summed E-state index contributed by atoms with van der Waals surface area (Å²) in [5, 5.41) is 0. The number of H-pyrrole nitrogens is 1. The zero-order valence-corrected chi connectivity index (χ0v) is 10.6. The Kier molecular flexibility index (Phi) is 3.81. The van der Waals surface area contributed by atoms with Gasteiger partial charge in [0.15, 0.2) is 0 Å². The van der Waals surface area contributed by atoms with Gasteiger partial charge in [0.2, 0.25) is 5.56 Å². The standard InChI is InChI=1S/C13H19N3O2/c1-9(14)11-6-2-3-8-16(11)13(18)10-5-4-7-12(17)15-10/h4-5,7,9,11H,2-3,6,8,14H2,1H3,(H,15,17). The second kappa shape index (κ2) is 5.35. The highest BCUT2D eigenvalue weighted by atomic mass is 16.2. The number of nitrogens with two attached hydrogens (primary N) is 1. The Labute approximate surface area is 106 Å². The number of hydrogen-bond acceptors (Lipinski definition) is 3. The number of piperidine rings is 1. The average Bonchev–Trinajstić information content (AvgIpc) is 2.38. The second-order valence-electron chi connectivity index (χ2n) is 4.85. The van der Waals surface area contributed by atoms with E-state index in [1.807, 2.05) is 6.92 Å². The van der Waals surface area contributed by atoms with Gasteiger partial charge in [0.05, 0.1) is 0 Å². The molecule has 98 valence electrons. The van der Waals surface area contributed by atoms with Gasteiger partial charge in [0.25, 0.3) is 5.91 Å². The lowest BCUT2D eigenvalue weighted by atomic mass is 9.96. The van der Waals surface area contributed by atoms with E-state index in [9.17, 15) is 9.59 Å². The molecule has 5 heteroatoms. The smallest absolute Gasteiger partial charge is 0.270 e. The summed E-state index contributed by atoms with van der Waals surface area (Å²) < 4.78 is 0. The van der Waals surface area contributed by atoms with E-state index in [1.165, 1.54) is 6.07 Å². The molecule has 2 rings (SSSR count). The molecule has 0 aliphatic carbocycles. The van der Waals surface area contributed by atoms with Gasteiger partial charge >= 0.3 is 0 Å². The first-order valence-corrected chi connectivity index (χ1v) is 6.35. The van der Waals surface area contributed by atoms with Gasteiger partial charge < -0.3 is 15.6 Å². The third-order valence-corrected chi connectivity index (χ3v) is 3.42. The zero-order chi connectivity index (χ0) is 13.1. The topological polar surface area (TPSA) is 79.2 Å². The molecule has 1 aromatic rings. The summed E-state index contributed by atoms with van der Waals surface area (Å²) in [6.45, 7) is 2.63. The predicted octanol–water partition coefficient (Wildman–Crippen LogP) is 0.717. The maximum Gasteiger partial charge on any atom is 0.270 e. The van der Waals surface area contributed by atoms with E-state index >= 15 is 0 Å². The van der Waals surface area contributed by atoms with Crippen molar-refractivity contribution in [1.82, 2.24) is 9.88 Å². The van der Waals surface area contributed by atoms with Crippen LogP contribution in [-0.2, 0) is 0 Å². The molecule has 0 bridgehead atoms. The molecule has 18 heavy (non-hydrogen) atoms. The Morgan fingerprint density at radius 3 is 2.94 bits per heavy atom. The van der Waals surface area contributed by atoms with Crippen molar-refractivity contribution >= 4 is 5.91 Å². The number of aromatic amines is 1. The van der Waals surface area contributed by atoms with Crippen LogP contribution in [0.4, 0.5) is 0 Å². The molecule has 1 aromatic heterocycles. The van der Waals surface area contributed by atoms with Crippen molar-refractivity contribution in [2.45, 2.75) is 38.3 Å². The largest absolute Gasteiger partial charge is 0.333 e. The van der Waals surface area contributed by atoms with Gasteiger partial charge in [-0.2, -0.15) is 0 Å². The molecular formula is C13H19N3O2. The maximum absolute atomic E-state index is 12.4. The quantitative estimate of drug-likeness (QED) is 0.810. The van der Waals surface area contributed by atoms with Crippen LogP contribution in [0.1, 0.15) is 36.7 Å². The van der Waals surface area contributed by atoms with Crippen molar-refractivity contribution in [3.8, 4) is 0 Å². The molecular weight excluding hydrogens is 230 g/mol. The first-order valence-electron chi connectivity index (χ1n) is 6.35. The summed E-state index contributed by atoms with van der Waals surface area (Å²) in [7, 11) is 0. The first kappa shape index (κ1) is 12.8. The number of aromatic nitrogens is 1. The number of rotatable bonds is 2. The highest BCUT2D eigenvalue weighted by Gasteiger charge is 2.30. The molecule has 1 saturated heterocycles. The molecule has 2 unspecified atom stereocenters. The van der Waals surface area contributed by atoms with Crippen molar-refractivity contribution in [2.75, 3.05) is 6.54 Å². The van der Waals surface area contributed by atoms with Gasteiger partial charge in [-0.3, -0.25) is 9.59 Å². The van der Waals surface area contributed by atoms with Crippen molar-refractivity contribution < 1.29 is 4.79 Å². The predicted molar refractivity (Wildman–Crippen MR) is 69.4 cm³/mol. The van der Waals surface area contributed by atoms with Crippen LogP contribution in [0.25, 0.3) is 0 Å². The van der Waals surface area contributed by atoms with Gasteiger partial charge in [0, 0.05) is 24.7 Å². The molecule has 1 fully saturated rings. The molecule has 1 aliphatic heterocycles. The van der Waals surface area contributed by atoms with Gasteiger partial charge in [-0.05, 0) is 32.3 Å². The number of carbonyl (C=O) groups excluding carboxylic acids is 1. The highest BCUT2D eigenvalue weighted by Crippen LogP contribution is 2.20. The minimum atomic E-state index is -0.254. The first-order chi connectivity index (χ1) is 8.59.